The van der Waals surface area contributed by atoms with Crippen LogP contribution in [0, 0.1) is 0 Å². The van der Waals surface area contributed by atoms with Gasteiger partial charge in [-0.3, -0.25) is 4.57 Å². The van der Waals surface area contributed by atoms with Gasteiger partial charge in [0.1, 0.15) is 5.82 Å². The maximum absolute atomic E-state index is 11.2. The lowest BCUT2D eigenvalue weighted by molar-refractivity contribution is -0.0598. The molecular weight excluding hydrogens is 170 g/mol. The van der Waals surface area contributed by atoms with Crippen molar-refractivity contribution in [1.82, 2.24) is 9.55 Å². The van der Waals surface area contributed by atoms with E-state index in [0.717, 1.165) is 13.0 Å². The second-order valence-corrected chi connectivity index (χ2v) is 3.07. The van der Waals surface area contributed by atoms with Gasteiger partial charge >= 0.3 is 5.69 Å². The van der Waals surface area contributed by atoms with Crippen molar-refractivity contribution < 1.29 is 4.74 Å². The van der Waals surface area contributed by atoms with E-state index in [1.54, 1.807) is 12.3 Å². The second kappa shape index (κ2) is 3.18. The number of ether oxygens (including phenoxy) is 1. The lowest BCUT2D eigenvalue weighted by Gasteiger charge is -2.26. The van der Waals surface area contributed by atoms with E-state index >= 15 is 0 Å². The zero-order valence-corrected chi connectivity index (χ0v) is 7.14. The van der Waals surface area contributed by atoms with Crippen LogP contribution < -0.4 is 11.4 Å². The number of hydrogen-bond acceptors (Lipinski definition) is 4. The quantitative estimate of drug-likeness (QED) is 0.674. The first-order chi connectivity index (χ1) is 6.25. The van der Waals surface area contributed by atoms with Crippen molar-refractivity contribution in [2.24, 2.45) is 0 Å². The van der Waals surface area contributed by atoms with Crippen LogP contribution in [-0.2, 0) is 11.3 Å². The molecule has 0 bridgehead atoms. The van der Waals surface area contributed by atoms with Crippen molar-refractivity contribution in [2.75, 3.05) is 12.3 Å². The molecule has 1 aliphatic heterocycles. The molecule has 0 aliphatic carbocycles. The largest absolute Gasteiger partial charge is 0.383 e. The van der Waals surface area contributed by atoms with Gasteiger partial charge in [-0.05, 0) is 12.5 Å². The fourth-order valence-corrected chi connectivity index (χ4v) is 1.23. The number of rotatable bonds is 2. The van der Waals surface area contributed by atoms with E-state index in [2.05, 4.69) is 4.98 Å². The third-order valence-corrected chi connectivity index (χ3v) is 2.09. The van der Waals surface area contributed by atoms with E-state index in [-0.39, 0.29) is 17.6 Å². The van der Waals surface area contributed by atoms with Crippen molar-refractivity contribution >= 4 is 5.82 Å². The standard InChI is InChI=1S/C8H11N3O2/c9-7-1-3-11(8(12)10-7)5-6-2-4-13-6/h1,3,6H,2,4-5H2,(H2,9,10,12). The summed E-state index contributed by atoms with van der Waals surface area (Å²) in [5, 5.41) is 0. The number of nitrogens with zero attached hydrogens (tertiary/aromatic N) is 2. The molecule has 0 saturated carbocycles. The summed E-state index contributed by atoms with van der Waals surface area (Å²) in [6, 6.07) is 1.61. The normalized spacial score (nSPS) is 21.1. The molecule has 1 aromatic rings. The average Bonchev–Trinajstić information content (AvgIpc) is 1.99. The first kappa shape index (κ1) is 8.25. The van der Waals surface area contributed by atoms with E-state index in [1.807, 2.05) is 0 Å². The first-order valence-corrected chi connectivity index (χ1v) is 4.20. The van der Waals surface area contributed by atoms with Gasteiger partial charge in [0.2, 0.25) is 0 Å². The van der Waals surface area contributed by atoms with Crippen LogP contribution in [0.2, 0.25) is 0 Å². The zero-order valence-electron chi connectivity index (χ0n) is 7.14. The number of hydrogen-bond donors (Lipinski definition) is 1. The second-order valence-electron chi connectivity index (χ2n) is 3.07. The van der Waals surface area contributed by atoms with E-state index in [1.165, 1.54) is 4.57 Å². The summed E-state index contributed by atoms with van der Waals surface area (Å²) in [7, 11) is 0. The Balaban J connectivity index is 2.15. The third kappa shape index (κ3) is 1.70. The molecular formula is C8H11N3O2. The molecule has 1 saturated heterocycles. The molecule has 2 heterocycles. The van der Waals surface area contributed by atoms with Gasteiger partial charge < -0.3 is 10.5 Å². The zero-order chi connectivity index (χ0) is 9.26. The van der Waals surface area contributed by atoms with Crippen LogP contribution in [-0.4, -0.2) is 22.3 Å². The minimum atomic E-state index is -0.310. The summed E-state index contributed by atoms with van der Waals surface area (Å²) in [4.78, 5) is 14.8. The Morgan fingerprint density at radius 2 is 2.54 bits per heavy atom. The molecule has 1 aromatic heterocycles. The average molecular weight is 181 g/mol. The first-order valence-electron chi connectivity index (χ1n) is 4.20. The van der Waals surface area contributed by atoms with Crippen molar-refractivity contribution in [3.8, 4) is 0 Å². The highest BCUT2D eigenvalue weighted by Gasteiger charge is 2.18. The molecule has 1 aliphatic rings. The van der Waals surface area contributed by atoms with Crippen LogP contribution in [0.3, 0.4) is 0 Å². The molecule has 0 radical (unpaired) electrons. The van der Waals surface area contributed by atoms with Gasteiger partial charge in [-0.15, -0.1) is 0 Å². The third-order valence-electron chi connectivity index (χ3n) is 2.09. The van der Waals surface area contributed by atoms with Gasteiger partial charge in [-0.25, -0.2) is 4.79 Å². The summed E-state index contributed by atoms with van der Waals surface area (Å²) in [5.74, 6) is 0.260. The molecule has 13 heavy (non-hydrogen) atoms. The highest BCUT2D eigenvalue weighted by Crippen LogP contribution is 2.11. The Labute approximate surface area is 75.1 Å². The van der Waals surface area contributed by atoms with E-state index < -0.39 is 0 Å². The predicted molar refractivity (Wildman–Crippen MR) is 47.3 cm³/mol. The van der Waals surface area contributed by atoms with Crippen LogP contribution in [0.1, 0.15) is 6.42 Å². The maximum atomic E-state index is 11.2. The number of nitrogen functional groups attached to an aromatic ring is 1. The van der Waals surface area contributed by atoms with E-state index in [9.17, 15) is 4.79 Å². The van der Waals surface area contributed by atoms with Crippen LogP contribution >= 0.6 is 0 Å². The van der Waals surface area contributed by atoms with Gasteiger partial charge in [0.05, 0.1) is 12.6 Å². The molecule has 70 valence electrons. The molecule has 0 amide bonds. The van der Waals surface area contributed by atoms with E-state index in [0.29, 0.717) is 6.54 Å². The number of nitrogens with two attached hydrogens (primary N) is 1. The summed E-state index contributed by atoms with van der Waals surface area (Å²) in [6.45, 7) is 1.37. The van der Waals surface area contributed by atoms with E-state index in [4.69, 9.17) is 10.5 Å². The molecule has 0 spiro atoms. The molecule has 1 unspecified atom stereocenters. The van der Waals surface area contributed by atoms with Crippen molar-refractivity contribution in [3.63, 3.8) is 0 Å². The molecule has 2 rings (SSSR count). The van der Waals surface area contributed by atoms with Crippen LogP contribution in [0.25, 0.3) is 0 Å². The minimum Gasteiger partial charge on any atom is -0.383 e. The Kier molecular flexibility index (Phi) is 2.02. The predicted octanol–water partition coefficient (Wildman–Crippen LogP) is -0.386. The lowest BCUT2D eigenvalue weighted by atomic mass is 10.2. The Morgan fingerprint density at radius 3 is 3.08 bits per heavy atom. The van der Waals surface area contributed by atoms with Gasteiger partial charge in [0.25, 0.3) is 0 Å². The Morgan fingerprint density at radius 1 is 1.77 bits per heavy atom. The fraction of sp³-hybridized carbons (Fsp3) is 0.500. The summed E-state index contributed by atoms with van der Waals surface area (Å²) in [5.41, 5.74) is 5.04. The maximum Gasteiger partial charge on any atom is 0.349 e. The molecule has 1 fully saturated rings. The highest BCUT2D eigenvalue weighted by atomic mass is 16.5. The van der Waals surface area contributed by atoms with Gasteiger partial charge in [-0.1, -0.05) is 0 Å². The topological polar surface area (TPSA) is 70.1 Å². The monoisotopic (exact) mass is 181 g/mol. The number of aromatic nitrogens is 2. The highest BCUT2D eigenvalue weighted by molar-refractivity contribution is 5.23. The molecule has 5 heteroatoms. The smallest absolute Gasteiger partial charge is 0.349 e. The van der Waals surface area contributed by atoms with Crippen LogP contribution in [0.15, 0.2) is 17.1 Å². The van der Waals surface area contributed by atoms with Crippen molar-refractivity contribution in [3.05, 3.63) is 22.7 Å². The van der Waals surface area contributed by atoms with Crippen molar-refractivity contribution in [2.45, 2.75) is 19.1 Å². The van der Waals surface area contributed by atoms with Crippen LogP contribution in [0.5, 0.6) is 0 Å². The Hall–Kier alpha value is -1.36. The number of anilines is 1. The molecule has 2 N–H and O–H groups in total. The van der Waals surface area contributed by atoms with Crippen molar-refractivity contribution in [1.29, 1.82) is 0 Å². The van der Waals surface area contributed by atoms with Gasteiger partial charge in [-0.2, -0.15) is 4.98 Å². The van der Waals surface area contributed by atoms with Gasteiger partial charge in [0.15, 0.2) is 0 Å². The SMILES string of the molecule is Nc1ccn(CC2CCO2)c(=O)n1. The molecule has 5 nitrogen and oxygen atoms in total. The Bertz CT molecular complexity index is 357. The molecule has 0 aromatic carbocycles. The summed E-state index contributed by atoms with van der Waals surface area (Å²) < 4.78 is 6.72. The summed E-state index contributed by atoms with van der Waals surface area (Å²) in [6.07, 6.45) is 2.83. The lowest BCUT2D eigenvalue weighted by Crippen LogP contribution is -2.35. The molecule has 1 atom stereocenters. The van der Waals surface area contributed by atoms with Crippen LogP contribution in [0.4, 0.5) is 5.82 Å². The minimum absolute atomic E-state index is 0.170. The summed E-state index contributed by atoms with van der Waals surface area (Å²) >= 11 is 0. The van der Waals surface area contributed by atoms with Gasteiger partial charge in [0, 0.05) is 12.8 Å². The fourth-order valence-electron chi connectivity index (χ4n) is 1.23.